The zero-order valence-corrected chi connectivity index (χ0v) is 11.4. The lowest BCUT2D eigenvalue weighted by molar-refractivity contribution is 0.201. The van der Waals surface area contributed by atoms with Gasteiger partial charge in [-0.05, 0) is 25.3 Å². The van der Waals surface area contributed by atoms with Crippen LogP contribution in [0.3, 0.4) is 0 Å². The molecule has 0 spiro atoms. The number of likely N-dealkylation sites (N-methyl/N-ethyl adjacent to an activating group) is 1. The third-order valence-electron chi connectivity index (χ3n) is 2.84. The average Bonchev–Trinajstić information content (AvgIpc) is 2.35. The van der Waals surface area contributed by atoms with E-state index >= 15 is 0 Å². The predicted octanol–water partition coefficient (Wildman–Crippen LogP) is 1.29. The van der Waals surface area contributed by atoms with Crippen molar-refractivity contribution in [3.8, 4) is 6.07 Å². The highest BCUT2D eigenvalue weighted by molar-refractivity contribution is 5.57. The summed E-state index contributed by atoms with van der Waals surface area (Å²) in [5, 5.41) is 27.0. The summed E-state index contributed by atoms with van der Waals surface area (Å²) < 4.78 is 0. The van der Waals surface area contributed by atoms with Crippen molar-refractivity contribution in [3.63, 3.8) is 0 Å². The molecule has 1 aromatic rings. The standard InChI is InChI=1S/C13H20N4O/c1-5-10-11(7-14)13(16-15-12(10)6-2)17(4)8-9(3)18/h9,18H,5-6,8H2,1-4H3. The lowest BCUT2D eigenvalue weighted by Crippen LogP contribution is -2.29. The van der Waals surface area contributed by atoms with E-state index in [0.717, 1.165) is 24.1 Å². The van der Waals surface area contributed by atoms with Gasteiger partial charge in [0.25, 0.3) is 0 Å². The molecule has 5 heteroatoms. The predicted molar refractivity (Wildman–Crippen MR) is 70.5 cm³/mol. The summed E-state index contributed by atoms with van der Waals surface area (Å²) in [6, 6.07) is 2.22. The first-order valence-corrected chi connectivity index (χ1v) is 6.22. The van der Waals surface area contributed by atoms with Crippen LogP contribution in [0.15, 0.2) is 0 Å². The number of hydrogen-bond donors (Lipinski definition) is 1. The molecule has 1 N–H and O–H groups in total. The number of nitrogens with zero attached hydrogens (tertiary/aromatic N) is 4. The number of aliphatic hydroxyl groups is 1. The van der Waals surface area contributed by atoms with E-state index in [1.54, 1.807) is 11.8 Å². The molecule has 0 saturated carbocycles. The van der Waals surface area contributed by atoms with E-state index in [1.165, 1.54) is 0 Å². The van der Waals surface area contributed by atoms with Crippen molar-refractivity contribution in [1.82, 2.24) is 10.2 Å². The third kappa shape index (κ3) is 2.96. The largest absolute Gasteiger partial charge is 0.392 e. The number of aryl methyl sites for hydroxylation is 1. The molecule has 18 heavy (non-hydrogen) atoms. The highest BCUT2D eigenvalue weighted by Gasteiger charge is 2.17. The maximum absolute atomic E-state index is 9.40. The summed E-state index contributed by atoms with van der Waals surface area (Å²) in [5.41, 5.74) is 2.41. The minimum absolute atomic E-state index is 0.429. The second-order valence-corrected chi connectivity index (χ2v) is 4.37. The van der Waals surface area contributed by atoms with Crippen molar-refractivity contribution in [2.24, 2.45) is 0 Å². The molecular formula is C13H20N4O. The number of anilines is 1. The third-order valence-corrected chi connectivity index (χ3v) is 2.84. The van der Waals surface area contributed by atoms with Crippen LogP contribution in [0.25, 0.3) is 0 Å². The maximum atomic E-state index is 9.40. The average molecular weight is 248 g/mol. The fraction of sp³-hybridized carbons (Fsp3) is 0.615. The molecule has 0 aliphatic rings. The van der Waals surface area contributed by atoms with Gasteiger partial charge in [0, 0.05) is 13.6 Å². The molecule has 0 saturated heterocycles. The monoisotopic (exact) mass is 248 g/mol. The van der Waals surface area contributed by atoms with Gasteiger partial charge in [-0.1, -0.05) is 13.8 Å². The summed E-state index contributed by atoms with van der Waals surface area (Å²) in [6.07, 6.45) is 1.06. The molecule has 0 amide bonds. The molecule has 1 atom stereocenters. The van der Waals surface area contributed by atoms with Crippen LogP contribution in [0.4, 0.5) is 5.82 Å². The van der Waals surface area contributed by atoms with Crippen LogP contribution < -0.4 is 4.90 Å². The van der Waals surface area contributed by atoms with Crippen LogP contribution in [-0.2, 0) is 12.8 Å². The van der Waals surface area contributed by atoms with Crippen LogP contribution in [-0.4, -0.2) is 35.0 Å². The van der Waals surface area contributed by atoms with Crippen molar-refractivity contribution in [3.05, 3.63) is 16.8 Å². The molecule has 5 nitrogen and oxygen atoms in total. The van der Waals surface area contributed by atoms with Gasteiger partial charge in [0.15, 0.2) is 5.82 Å². The minimum atomic E-state index is -0.473. The highest BCUT2D eigenvalue weighted by atomic mass is 16.3. The summed E-state index contributed by atoms with van der Waals surface area (Å²) in [4.78, 5) is 1.77. The molecule has 0 aliphatic carbocycles. The van der Waals surface area contributed by atoms with Crippen LogP contribution in [0, 0.1) is 11.3 Å². The molecule has 1 aromatic heterocycles. The van der Waals surface area contributed by atoms with E-state index in [0.29, 0.717) is 17.9 Å². The highest BCUT2D eigenvalue weighted by Crippen LogP contribution is 2.22. The Morgan fingerprint density at radius 2 is 2.00 bits per heavy atom. The SMILES string of the molecule is CCc1nnc(N(C)CC(C)O)c(C#N)c1CC. The quantitative estimate of drug-likeness (QED) is 0.850. The molecule has 98 valence electrons. The Labute approximate surface area is 108 Å². The molecule has 1 unspecified atom stereocenters. The molecule has 0 aromatic carbocycles. The molecule has 1 rings (SSSR count). The van der Waals surface area contributed by atoms with E-state index in [2.05, 4.69) is 16.3 Å². The van der Waals surface area contributed by atoms with Gasteiger partial charge in [-0.2, -0.15) is 10.4 Å². The van der Waals surface area contributed by atoms with E-state index < -0.39 is 6.10 Å². The Kier molecular flexibility index (Phi) is 5.05. The molecule has 0 radical (unpaired) electrons. The van der Waals surface area contributed by atoms with E-state index in [9.17, 15) is 10.4 Å². The van der Waals surface area contributed by atoms with E-state index in [-0.39, 0.29) is 0 Å². The van der Waals surface area contributed by atoms with E-state index in [1.807, 2.05) is 20.9 Å². The Hall–Kier alpha value is -1.67. The van der Waals surface area contributed by atoms with Gasteiger partial charge in [0.2, 0.25) is 0 Å². The van der Waals surface area contributed by atoms with Gasteiger partial charge in [0.05, 0.1) is 11.8 Å². The molecule has 0 fully saturated rings. The van der Waals surface area contributed by atoms with Gasteiger partial charge in [-0.3, -0.25) is 0 Å². The number of nitriles is 1. The van der Waals surface area contributed by atoms with Gasteiger partial charge in [-0.15, -0.1) is 5.10 Å². The Morgan fingerprint density at radius 1 is 1.33 bits per heavy atom. The van der Waals surface area contributed by atoms with Gasteiger partial charge in [0.1, 0.15) is 11.6 Å². The first-order chi connectivity index (χ1) is 8.54. The first-order valence-electron chi connectivity index (χ1n) is 6.22. The molecule has 1 heterocycles. The lowest BCUT2D eigenvalue weighted by Gasteiger charge is -2.21. The van der Waals surface area contributed by atoms with Crippen LogP contribution in [0.2, 0.25) is 0 Å². The first kappa shape index (κ1) is 14.4. The zero-order valence-electron chi connectivity index (χ0n) is 11.4. The number of hydrogen-bond acceptors (Lipinski definition) is 5. The van der Waals surface area contributed by atoms with Crippen molar-refractivity contribution in [2.45, 2.75) is 39.7 Å². The van der Waals surface area contributed by atoms with Gasteiger partial charge >= 0.3 is 0 Å². The lowest BCUT2D eigenvalue weighted by atomic mass is 10.0. The van der Waals surface area contributed by atoms with Gasteiger partial charge in [-0.25, -0.2) is 0 Å². The van der Waals surface area contributed by atoms with Crippen molar-refractivity contribution < 1.29 is 5.11 Å². The fourth-order valence-electron chi connectivity index (χ4n) is 2.03. The van der Waals surface area contributed by atoms with Gasteiger partial charge < -0.3 is 10.0 Å². The van der Waals surface area contributed by atoms with Crippen LogP contribution >= 0.6 is 0 Å². The van der Waals surface area contributed by atoms with Crippen LogP contribution in [0.5, 0.6) is 0 Å². The Balaban J connectivity index is 3.25. The number of rotatable bonds is 5. The van der Waals surface area contributed by atoms with Crippen molar-refractivity contribution in [1.29, 1.82) is 5.26 Å². The maximum Gasteiger partial charge on any atom is 0.169 e. The second-order valence-electron chi connectivity index (χ2n) is 4.37. The topological polar surface area (TPSA) is 73.0 Å². The molecule has 0 bridgehead atoms. The second kappa shape index (κ2) is 6.31. The summed E-state index contributed by atoms with van der Waals surface area (Å²) in [6.45, 7) is 6.15. The normalized spacial score (nSPS) is 12.0. The Morgan fingerprint density at radius 3 is 2.44 bits per heavy atom. The van der Waals surface area contributed by atoms with Crippen molar-refractivity contribution in [2.75, 3.05) is 18.5 Å². The van der Waals surface area contributed by atoms with E-state index in [4.69, 9.17) is 0 Å². The summed E-state index contributed by atoms with van der Waals surface area (Å²) >= 11 is 0. The van der Waals surface area contributed by atoms with Crippen LogP contribution in [0.1, 0.15) is 37.6 Å². The smallest absolute Gasteiger partial charge is 0.169 e. The zero-order chi connectivity index (χ0) is 13.7. The Bertz CT molecular complexity index is 451. The molecule has 0 aliphatic heterocycles. The fourth-order valence-corrected chi connectivity index (χ4v) is 2.03. The number of aromatic nitrogens is 2. The summed E-state index contributed by atoms with van der Waals surface area (Å²) in [7, 11) is 1.81. The summed E-state index contributed by atoms with van der Waals surface area (Å²) in [5.74, 6) is 0.549. The van der Waals surface area contributed by atoms with Crippen molar-refractivity contribution >= 4 is 5.82 Å². The number of aliphatic hydroxyl groups excluding tert-OH is 1. The minimum Gasteiger partial charge on any atom is -0.392 e. The molecular weight excluding hydrogens is 228 g/mol.